The van der Waals surface area contributed by atoms with E-state index in [9.17, 15) is 4.79 Å². The van der Waals surface area contributed by atoms with E-state index < -0.39 is 0 Å². The van der Waals surface area contributed by atoms with Crippen LogP contribution in [0.2, 0.25) is 0 Å². The van der Waals surface area contributed by atoms with Crippen molar-refractivity contribution in [1.29, 1.82) is 0 Å². The molecule has 2 aromatic rings. The monoisotopic (exact) mass is 365 g/mol. The Balaban J connectivity index is 1.62. The van der Waals surface area contributed by atoms with E-state index in [0.29, 0.717) is 5.92 Å². The standard InChI is InChI=1S/C21H23N3OS/c22-21(25)23-14-11-17(12-15-23)20-13-16-26(19-9-5-2-6-10-19)24(20)18-7-3-1-4-8-18/h1-10,13,16-17H,11-12,14-15H2,(H2,22,25). The number of primary amides is 1. The molecule has 26 heavy (non-hydrogen) atoms. The molecule has 1 atom stereocenters. The molecule has 4 nitrogen and oxygen atoms in total. The lowest BCUT2D eigenvalue weighted by Gasteiger charge is -2.36. The van der Waals surface area contributed by atoms with E-state index in [-0.39, 0.29) is 16.7 Å². The number of carbonyl (C=O) groups is 1. The van der Waals surface area contributed by atoms with Crippen LogP contribution in [0.4, 0.5) is 10.5 Å². The number of nitrogens with two attached hydrogens (primary N) is 1. The number of carbonyl (C=O) groups excluding carboxylic acids is 1. The highest BCUT2D eigenvalue weighted by atomic mass is 32.2. The topological polar surface area (TPSA) is 49.6 Å². The minimum atomic E-state index is -0.306. The Bertz CT molecular complexity index is 840. The minimum Gasteiger partial charge on any atom is -0.351 e. The lowest BCUT2D eigenvalue weighted by Crippen LogP contribution is -2.42. The van der Waals surface area contributed by atoms with Gasteiger partial charge in [0.25, 0.3) is 0 Å². The van der Waals surface area contributed by atoms with Crippen molar-refractivity contribution in [1.82, 2.24) is 4.90 Å². The third-order valence-corrected chi connectivity index (χ3v) is 6.96. The summed E-state index contributed by atoms with van der Waals surface area (Å²) in [6.07, 6.45) is 4.20. The molecule has 2 amide bonds. The Hall–Kier alpha value is -2.53. The Morgan fingerprint density at radius 3 is 2.19 bits per heavy atom. The highest BCUT2D eigenvalue weighted by molar-refractivity contribution is 8.16. The van der Waals surface area contributed by atoms with Crippen LogP contribution in [0, 0.1) is 5.92 Å². The van der Waals surface area contributed by atoms with Crippen LogP contribution >= 0.6 is 10.7 Å². The van der Waals surface area contributed by atoms with Gasteiger partial charge in [-0.1, -0.05) is 47.1 Å². The summed E-state index contributed by atoms with van der Waals surface area (Å²) in [5.74, 6) is 0.447. The zero-order valence-corrected chi connectivity index (χ0v) is 15.4. The number of hydrogen-bond donors (Lipinski definition) is 1. The average Bonchev–Trinajstić information content (AvgIpc) is 3.14. The number of rotatable bonds is 3. The van der Waals surface area contributed by atoms with Crippen molar-refractivity contribution in [3.05, 3.63) is 72.4 Å². The molecule has 2 aromatic carbocycles. The van der Waals surface area contributed by atoms with Gasteiger partial charge in [-0.25, -0.2) is 4.79 Å². The Labute approximate surface area is 157 Å². The second-order valence-electron chi connectivity index (χ2n) is 6.58. The fourth-order valence-electron chi connectivity index (χ4n) is 3.64. The number of anilines is 1. The first-order valence-corrected chi connectivity index (χ1v) is 10.2. The molecule has 0 saturated carbocycles. The summed E-state index contributed by atoms with van der Waals surface area (Å²) in [7, 11) is -0.118. The van der Waals surface area contributed by atoms with Gasteiger partial charge < -0.3 is 10.6 Å². The summed E-state index contributed by atoms with van der Waals surface area (Å²) in [6, 6.07) is 20.9. The first-order valence-electron chi connectivity index (χ1n) is 8.97. The van der Waals surface area contributed by atoms with Crippen LogP contribution in [0.25, 0.3) is 0 Å². The first-order chi connectivity index (χ1) is 12.7. The van der Waals surface area contributed by atoms with Crippen LogP contribution in [0.15, 0.2) is 77.3 Å². The van der Waals surface area contributed by atoms with Gasteiger partial charge >= 0.3 is 6.03 Å². The van der Waals surface area contributed by atoms with Crippen molar-refractivity contribution in [3.8, 4) is 0 Å². The highest BCUT2D eigenvalue weighted by Crippen LogP contribution is 2.45. The molecule has 1 fully saturated rings. The number of allylic oxidation sites excluding steroid dienone is 2. The van der Waals surface area contributed by atoms with Crippen molar-refractivity contribution >= 4 is 27.8 Å². The number of hydrogen-bond acceptors (Lipinski definition) is 2. The molecule has 0 bridgehead atoms. The number of piperidine rings is 1. The Morgan fingerprint density at radius 1 is 0.962 bits per heavy atom. The molecule has 2 aliphatic heterocycles. The van der Waals surface area contributed by atoms with Crippen molar-refractivity contribution in [2.75, 3.05) is 17.4 Å². The second-order valence-corrected chi connectivity index (χ2v) is 8.32. The maximum atomic E-state index is 11.4. The predicted octanol–water partition coefficient (Wildman–Crippen LogP) is 4.23. The summed E-state index contributed by atoms with van der Waals surface area (Å²) in [6.45, 7) is 1.47. The van der Waals surface area contributed by atoms with Gasteiger partial charge in [0.15, 0.2) is 0 Å². The summed E-state index contributed by atoms with van der Waals surface area (Å²) in [5, 5.41) is 2.32. The molecular weight excluding hydrogens is 342 g/mol. The Kier molecular flexibility index (Phi) is 4.80. The fourth-order valence-corrected chi connectivity index (χ4v) is 5.62. The molecule has 4 rings (SSSR count). The number of likely N-dealkylation sites (tertiary alicyclic amines) is 1. The van der Waals surface area contributed by atoms with Crippen molar-refractivity contribution in [2.45, 2.75) is 17.7 Å². The third kappa shape index (κ3) is 3.27. The summed E-state index contributed by atoms with van der Waals surface area (Å²) in [4.78, 5) is 14.5. The van der Waals surface area contributed by atoms with Crippen LogP contribution in [0.1, 0.15) is 12.8 Å². The van der Waals surface area contributed by atoms with Gasteiger partial charge in [0.1, 0.15) is 0 Å². The maximum absolute atomic E-state index is 11.4. The zero-order valence-electron chi connectivity index (χ0n) is 14.6. The van der Waals surface area contributed by atoms with Gasteiger partial charge in [-0.15, -0.1) is 0 Å². The van der Waals surface area contributed by atoms with Crippen molar-refractivity contribution in [2.24, 2.45) is 11.7 Å². The molecule has 134 valence electrons. The molecular formula is C21H23N3OS. The van der Waals surface area contributed by atoms with Gasteiger partial charge in [0.2, 0.25) is 0 Å². The summed E-state index contributed by atoms with van der Waals surface area (Å²) in [5.41, 5.74) is 8.01. The van der Waals surface area contributed by atoms with E-state index in [1.165, 1.54) is 16.3 Å². The number of benzene rings is 2. The van der Waals surface area contributed by atoms with E-state index in [2.05, 4.69) is 76.4 Å². The largest absolute Gasteiger partial charge is 0.351 e. The third-order valence-electron chi connectivity index (χ3n) is 5.00. The highest BCUT2D eigenvalue weighted by Gasteiger charge is 2.30. The molecule has 2 aliphatic rings. The lowest BCUT2D eigenvalue weighted by atomic mass is 9.93. The maximum Gasteiger partial charge on any atom is 0.314 e. The number of para-hydroxylation sites is 1. The fraction of sp³-hybridized carbons (Fsp3) is 0.238. The lowest BCUT2D eigenvalue weighted by molar-refractivity contribution is 0.185. The molecule has 0 aliphatic carbocycles. The summed E-state index contributed by atoms with van der Waals surface area (Å²) >= 11 is 0. The molecule has 1 unspecified atom stereocenters. The normalized spacial score (nSPS) is 20.6. The SMILES string of the molecule is NC(=O)N1CCC(C2=CC=S(c3ccccc3)N2c2ccccc2)CC1. The van der Waals surface area contributed by atoms with Crippen molar-refractivity contribution < 1.29 is 4.79 Å². The predicted molar refractivity (Wildman–Crippen MR) is 109 cm³/mol. The second kappa shape index (κ2) is 7.38. The molecule has 0 aromatic heterocycles. The number of amides is 2. The van der Waals surface area contributed by atoms with Crippen LogP contribution in [0.3, 0.4) is 0 Å². The molecule has 2 N–H and O–H groups in total. The number of nitrogens with zero attached hydrogens (tertiary/aromatic N) is 2. The van der Waals surface area contributed by atoms with Gasteiger partial charge in [-0.05, 0) is 48.6 Å². The van der Waals surface area contributed by atoms with Crippen molar-refractivity contribution in [3.63, 3.8) is 0 Å². The summed E-state index contributed by atoms with van der Waals surface area (Å²) < 4.78 is 2.47. The molecule has 1 saturated heterocycles. The minimum absolute atomic E-state index is 0.118. The van der Waals surface area contributed by atoms with E-state index in [0.717, 1.165) is 25.9 Å². The van der Waals surface area contributed by atoms with Gasteiger partial charge in [-0.3, -0.25) is 4.31 Å². The molecule has 0 radical (unpaired) electrons. The van der Waals surface area contributed by atoms with E-state index >= 15 is 0 Å². The smallest absolute Gasteiger partial charge is 0.314 e. The van der Waals surface area contributed by atoms with Gasteiger partial charge in [0.05, 0.1) is 5.69 Å². The quantitative estimate of drug-likeness (QED) is 0.828. The zero-order chi connectivity index (χ0) is 17.9. The first kappa shape index (κ1) is 16.9. The van der Waals surface area contributed by atoms with E-state index in [1.807, 2.05) is 0 Å². The van der Waals surface area contributed by atoms with Gasteiger partial charge in [-0.2, -0.15) is 0 Å². The van der Waals surface area contributed by atoms with E-state index in [4.69, 9.17) is 5.73 Å². The Morgan fingerprint density at radius 2 is 1.58 bits per heavy atom. The van der Waals surface area contributed by atoms with Crippen LogP contribution in [0.5, 0.6) is 0 Å². The molecule has 5 heteroatoms. The van der Waals surface area contributed by atoms with Crippen LogP contribution < -0.4 is 10.0 Å². The van der Waals surface area contributed by atoms with Gasteiger partial charge in [0, 0.05) is 29.6 Å². The number of urea groups is 1. The van der Waals surface area contributed by atoms with Crippen LogP contribution in [-0.2, 0) is 0 Å². The average molecular weight is 366 g/mol. The molecule has 0 spiro atoms. The molecule has 2 heterocycles. The van der Waals surface area contributed by atoms with Crippen LogP contribution in [-0.4, -0.2) is 29.4 Å². The van der Waals surface area contributed by atoms with E-state index in [1.54, 1.807) is 4.90 Å².